The summed E-state index contributed by atoms with van der Waals surface area (Å²) in [5.41, 5.74) is 0. The number of urea groups is 1. The topological polar surface area (TPSA) is 69.6 Å². The van der Waals surface area contributed by atoms with Crippen molar-refractivity contribution in [1.82, 2.24) is 10.2 Å². The summed E-state index contributed by atoms with van der Waals surface area (Å²) >= 11 is 0. The van der Waals surface area contributed by atoms with Crippen molar-refractivity contribution in [2.75, 3.05) is 13.1 Å². The molecular formula is C11H18N2O3. The van der Waals surface area contributed by atoms with E-state index in [0.717, 1.165) is 32.4 Å². The molecule has 0 aromatic rings. The van der Waals surface area contributed by atoms with E-state index in [1.54, 1.807) is 0 Å². The first kappa shape index (κ1) is 11.2. The quantitative estimate of drug-likeness (QED) is 0.739. The molecule has 0 bridgehead atoms. The van der Waals surface area contributed by atoms with Crippen molar-refractivity contribution >= 4 is 12.0 Å². The minimum Gasteiger partial charge on any atom is -0.481 e. The van der Waals surface area contributed by atoms with Crippen LogP contribution >= 0.6 is 0 Å². The number of rotatable bonds is 2. The highest BCUT2D eigenvalue weighted by molar-refractivity contribution is 5.75. The van der Waals surface area contributed by atoms with Gasteiger partial charge < -0.3 is 15.3 Å². The molecule has 1 heterocycles. The maximum absolute atomic E-state index is 11.6. The number of carbonyl (C=O) groups is 2. The predicted molar refractivity (Wildman–Crippen MR) is 58.1 cm³/mol. The molecule has 1 aliphatic carbocycles. The molecule has 2 N–H and O–H groups in total. The average Bonchev–Trinajstić information content (AvgIpc) is 2.30. The van der Waals surface area contributed by atoms with Gasteiger partial charge in [-0.2, -0.15) is 0 Å². The lowest BCUT2D eigenvalue weighted by molar-refractivity contribution is -0.143. The van der Waals surface area contributed by atoms with Gasteiger partial charge in [-0.3, -0.25) is 4.79 Å². The largest absolute Gasteiger partial charge is 0.481 e. The van der Waals surface area contributed by atoms with Crippen molar-refractivity contribution in [3.63, 3.8) is 0 Å². The van der Waals surface area contributed by atoms with Crippen LogP contribution in [0.3, 0.4) is 0 Å². The smallest absolute Gasteiger partial charge is 0.317 e. The molecule has 0 unspecified atom stereocenters. The van der Waals surface area contributed by atoms with E-state index in [4.69, 9.17) is 5.11 Å². The minimum atomic E-state index is -0.693. The summed E-state index contributed by atoms with van der Waals surface area (Å²) in [6, 6.07) is 0.265. The van der Waals surface area contributed by atoms with Gasteiger partial charge in [-0.1, -0.05) is 0 Å². The van der Waals surface area contributed by atoms with Gasteiger partial charge in [-0.05, 0) is 32.1 Å². The summed E-state index contributed by atoms with van der Waals surface area (Å²) in [6.45, 7) is 1.58. The molecule has 0 aromatic carbocycles. The van der Waals surface area contributed by atoms with E-state index in [1.807, 2.05) is 4.90 Å². The maximum Gasteiger partial charge on any atom is 0.317 e. The van der Waals surface area contributed by atoms with Crippen molar-refractivity contribution in [1.29, 1.82) is 0 Å². The van der Waals surface area contributed by atoms with Crippen molar-refractivity contribution in [3.8, 4) is 0 Å². The molecule has 2 aliphatic rings. The van der Waals surface area contributed by atoms with Crippen LogP contribution < -0.4 is 5.32 Å². The zero-order chi connectivity index (χ0) is 11.5. The number of carboxylic acids is 1. The molecule has 5 nitrogen and oxygen atoms in total. The van der Waals surface area contributed by atoms with Crippen LogP contribution in [-0.2, 0) is 4.79 Å². The van der Waals surface area contributed by atoms with Gasteiger partial charge in [0.25, 0.3) is 0 Å². The Labute approximate surface area is 94.8 Å². The Morgan fingerprint density at radius 2 is 2.00 bits per heavy atom. The van der Waals surface area contributed by atoms with Gasteiger partial charge in [0.05, 0.1) is 5.92 Å². The van der Waals surface area contributed by atoms with Crippen LogP contribution in [-0.4, -0.2) is 41.1 Å². The van der Waals surface area contributed by atoms with Gasteiger partial charge in [0, 0.05) is 19.1 Å². The molecule has 0 spiro atoms. The zero-order valence-corrected chi connectivity index (χ0v) is 9.32. The second-order valence-electron chi connectivity index (χ2n) is 4.62. The lowest BCUT2D eigenvalue weighted by atomic mass is 9.85. The van der Waals surface area contributed by atoms with E-state index in [0.29, 0.717) is 12.8 Å². The van der Waals surface area contributed by atoms with Crippen molar-refractivity contribution in [2.24, 2.45) is 5.92 Å². The fourth-order valence-corrected chi connectivity index (χ4v) is 2.63. The van der Waals surface area contributed by atoms with Crippen LogP contribution in [0.1, 0.15) is 32.1 Å². The van der Waals surface area contributed by atoms with Gasteiger partial charge in [0.15, 0.2) is 0 Å². The molecule has 0 atom stereocenters. The molecule has 1 aliphatic heterocycles. The monoisotopic (exact) mass is 226 g/mol. The van der Waals surface area contributed by atoms with Crippen LogP contribution in [0.25, 0.3) is 0 Å². The summed E-state index contributed by atoms with van der Waals surface area (Å²) < 4.78 is 0. The van der Waals surface area contributed by atoms with Crippen molar-refractivity contribution in [3.05, 3.63) is 0 Å². The Kier molecular flexibility index (Phi) is 3.31. The number of carbonyl (C=O) groups excluding carboxylic acids is 1. The van der Waals surface area contributed by atoms with Crippen LogP contribution in [0.15, 0.2) is 0 Å². The first-order chi connectivity index (χ1) is 7.68. The summed E-state index contributed by atoms with van der Waals surface area (Å²) in [5.74, 6) is -0.898. The van der Waals surface area contributed by atoms with E-state index >= 15 is 0 Å². The van der Waals surface area contributed by atoms with E-state index in [1.165, 1.54) is 0 Å². The fraction of sp³-hybridized carbons (Fsp3) is 0.818. The average molecular weight is 226 g/mol. The number of nitrogens with zero attached hydrogens (tertiary/aromatic N) is 1. The highest BCUT2D eigenvalue weighted by Gasteiger charge is 2.32. The molecule has 0 radical (unpaired) electrons. The molecule has 0 aromatic heterocycles. The molecule has 90 valence electrons. The fourth-order valence-electron chi connectivity index (χ4n) is 2.63. The van der Waals surface area contributed by atoms with Gasteiger partial charge in [-0.15, -0.1) is 0 Å². The molecule has 2 fully saturated rings. The van der Waals surface area contributed by atoms with E-state index < -0.39 is 5.97 Å². The molecule has 1 saturated heterocycles. The third-order valence-corrected chi connectivity index (χ3v) is 3.60. The highest BCUT2D eigenvalue weighted by atomic mass is 16.4. The van der Waals surface area contributed by atoms with Crippen molar-refractivity contribution < 1.29 is 14.7 Å². The lowest BCUT2D eigenvalue weighted by Gasteiger charge is -2.38. The first-order valence-corrected chi connectivity index (χ1v) is 5.96. The molecule has 5 heteroatoms. The van der Waals surface area contributed by atoms with Crippen LogP contribution in [0.4, 0.5) is 4.79 Å². The summed E-state index contributed by atoms with van der Waals surface area (Å²) in [6.07, 6.45) is 4.03. The molecular weight excluding hydrogens is 208 g/mol. The third-order valence-electron chi connectivity index (χ3n) is 3.60. The lowest BCUT2D eigenvalue weighted by Crippen LogP contribution is -2.52. The van der Waals surface area contributed by atoms with Gasteiger partial charge in [0.1, 0.15) is 0 Å². The second kappa shape index (κ2) is 4.72. The minimum absolute atomic E-state index is 0.0185. The number of hydrogen-bond acceptors (Lipinski definition) is 2. The summed E-state index contributed by atoms with van der Waals surface area (Å²) in [7, 11) is 0. The summed E-state index contributed by atoms with van der Waals surface area (Å²) in [4.78, 5) is 24.3. The normalized spacial score (nSPS) is 31.0. The number of hydrogen-bond donors (Lipinski definition) is 2. The number of carboxylic acid groups (broad SMARTS) is 1. The van der Waals surface area contributed by atoms with Crippen LogP contribution in [0, 0.1) is 5.92 Å². The zero-order valence-electron chi connectivity index (χ0n) is 9.32. The molecule has 2 rings (SSSR count). The number of aliphatic carboxylic acids is 1. The third kappa shape index (κ3) is 2.28. The Balaban J connectivity index is 1.88. The Bertz CT molecular complexity index is 285. The first-order valence-electron chi connectivity index (χ1n) is 5.96. The predicted octanol–water partition coefficient (Wildman–Crippen LogP) is 1.05. The van der Waals surface area contributed by atoms with Crippen LogP contribution in [0.2, 0.25) is 0 Å². The number of amides is 2. The molecule has 16 heavy (non-hydrogen) atoms. The van der Waals surface area contributed by atoms with E-state index in [-0.39, 0.29) is 18.0 Å². The van der Waals surface area contributed by atoms with E-state index in [9.17, 15) is 9.59 Å². The van der Waals surface area contributed by atoms with Gasteiger partial charge in [0.2, 0.25) is 0 Å². The van der Waals surface area contributed by atoms with Gasteiger partial charge >= 0.3 is 12.0 Å². The molecule has 2 amide bonds. The Hall–Kier alpha value is -1.26. The van der Waals surface area contributed by atoms with Gasteiger partial charge in [-0.25, -0.2) is 4.79 Å². The molecule has 1 saturated carbocycles. The summed E-state index contributed by atoms with van der Waals surface area (Å²) in [5, 5.41) is 11.7. The maximum atomic E-state index is 11.6. The second-order valence-corrected chi connectivity index (χ2v) is 4.62. The highest BCUT2D eigenvalue weighted by Crippen LogP contribution is 2.28. The Morgan fingerprint density at radius 3 is 2.56 bits per heavy atom. The SMILES string of the molecule is O=C1NCCCN1[C@H]1CC[C@H](C(=O)O)CC1. The van der Waals surface area contributed by atoms with Crippen LogP contribution in [0.5, 0.6) is 0 Å². The van der Waals surface area contributed by atoms with Crippen molar-refractivity contribution in [2.45, 2.75) is 38.1 Å². The standard InChI is InChI=1S/C11H18N2O3/c14-10(15)8-2-4-9(5-3-8)13-7-1-6-12-11(13)16/h8-9H,1-7H2,(H,12,16)(H,14,15)/t8-,9-. The van der Waals surface area contributed by atoms with E-state index in [2.05, 4.69) is 5.32 Å². The Morgan fingerprint density at radius 1 is 1.31 bits per heavy atom. The number of nitrogens with one attached hydrogen (secondary N) is 1.